The van der Waals surface area contributed by atoms with Crippen LogP contribution in [0, 0.1) is 6.92 Å². The summed E-state index contributed by atoms with van der Waals surface area (Å²) < 4.78 is 11.4. The van der Waals surface area contributed by atoms with E-state index in [4.69, 9.17) is 19.4 Å². The van der Waals surface area contributed by atoms with E-state index >= 15 is 0 Å². The molecule has 1 saturated heterocycles. The zero-order valence-electron chi connectivity index (χ0n) is 20.2. The lowest BCUT2D eigenvalue weighted by Crippen LogP contribution is -2.29. The number of likely N-dealkylation sites (N-methyl/N-ethyl adjacent to an activating group) is 1. The van der Waals surface area contributed by atoms with Crippen molar-refractivity contribution in [2.24, 2.45) is 0 Å². The molecule has 2 atom stereocenters. The van der Waals surface area contributed by atoms with E-state index in [2.05, 4.69) is 33.5 Å². The Hall–Kier alpha value is -3.27. The Morgan fingerprint density at radius 3 is 2.91 bits per heavy atom. The highest BCUT2D eigenvalue weighted by molar-refractivity contribution is 5.68. The Kier molecular flexibility index (Phi) is 7.08. The molecule has 5 rings (SSSR count). The second-order valence-corrected chi connectivity index (χ2v) is 9.10. The summed E-state index contributed by atoms with van der Waals surface area (Å²) in [5.41, 5.74) is 4.37. The van der Waals surface area contributed by atoms with Gasteiger partial charge in [0.05, 0.1) is 12.6 Å². The molecule has 0 aliphatic carbocycles. The van der Waals surface area contributed by atoms with Crippen molar-refractivity contribution in [3.63, 3.8) is 0 Å². The van der Waals surface area contributed by atoms with Gasteiger partial charge in [-0.1, -0.05) is 12.1 Å². The van der Waals surface area contributed by atoms with Crippen LogP contribution < -0.4 is 20.3 Å². The molecule has 0 amide bonds. The number of aromatic nitrogens is 3. The minimum Gasteiger partial charge on any atom is -0.491 e. The number of hydrogen-bond acceptors (Lipinski definition) is 9. The van der Waals surface area contributed by atoms with Crippen LogP contribution in [0.3, 0.4) is 0 Å². The van der Waals surface area contributed by atoms with Gasteiger partial charge in [0.25, 0.3) is 0 Å². The van der Waals surface area contributed by atoms with Gasteiger partial charge in [-0.3, -0.25) is 4.98 Å². The highest BCUT2D eigenvalue weighted by Crippen LogP contribution is 2.34. The lowest BCUT2D eigenvalue weighted by Gasteiger charge is -2.23. The summed E-state index contributed by atoms with van der Waals surface area (Å²) in [7, 11) is 1.80. The molecule has 2 aliphatic rings. The van der Waals surface area contributed by atoms with Gasteiger partial charge in [0, 0.05) is 49.8 Å². The smallest absolute Gasteiger partial charge is 0.164 e. The topological polar surface area (TPSA) is 105 Å². The molecule has 0 radical (unpaired) electrons. The van der Waals surface area contributed by atoms with E-state index in [0.29, 0.717) is 24.7 Å². The largest absolute Gasteiger partial charge is 0.491 e. The SMILES string of the molecule is CNCC(O)COc1cccc(-c2nc(NC3CCOC3)c(C)c(N3Cc4ccncc4C3)n2)c1. The summed E-state index contributed by atoms with van der Waals surface area (Å²) in [4.78, 5) is 16.5. The molecule has 1 aromatic carbocycles. The molecule has 184 valence electrons. The number of fused-ring (bicyclic) bond motifs is 1. The summed E-state index contributed by atoms with van der Waals surface area (Å²) in [6.07, 6.45) is 4.15. The van der Waals surface area contributed by atoms with Crippen molar-refractivity contribution in [3.8, 4) is 17.1 Å². The summed E-state index contributed by atoms with van der Waals surface area (Å²) >= 11 is 0. The zero-order chi connectivity index (χ0) is 24.2. The van der Waals surface area contributed by atoms with Crippen molar-refractivity contribution in [2.75, 3.05) is 43.6 Å². The Bertz CT molecular complexity index is 1140. The van der Waals surface area contributed by atoms with Gasteiger partial charge in [0.2, 0.25) is 0 Å². The van der Waals surface area contributed by atoms with Crippen molar-refractivity contribution < 1.29 is 14.6 Å². The van der Waals surface area contributed by atoms with E-state index in [0.717, 1.165) is 48.9 Å². The summed E-state index contributed by atoms with van der Waals surface area (Å²) in [5.74, 6) is 3.03. The van der Waals surface area contributed by atoms with Crippen LogP contribution in [0.1, 0.15) is 23.1 Å². The van der Waals surface area contributed by atoms with Gasteiger partial charge in [-0.05, 0) is 49.7 Å². The van der Waals surface area contributed by atoms with E-state index in [1.54, 1.807) is 7.05 Å². The highest BCUT2D eigenvalue weighted by atomic mass is 16.5. The number of ether oxygens (including phenoxy) is 2. The molecule has 3 aromatic rings. The first-order valence-electron chi connectivity index (χ1n) is 12.1. The fourth-order valence-corrected chi connectivity index (χ4v) is 4.51. The van der Waals surface area contributed by atoms with Gasteiger partial charge < -0.3 is 30.1 Å². The van der Waals surface area contributed by atoms with E-state index in [-0.39, 0.29) is 12.6 Å². The fraction of sp³-hybridized carbons (Fsp3) is 0.423. The Morgan fingerprint density at radius 2 is 2.11 bits per heavy atom. The monoisotopic (exact) mass is 476 g/mol. The van der Waals surface area contributed by atoms with Crippen LogP contribution in [0.5, 0.6) is 5.75 Å². The number of nitrogens with zero attached hydrogens (tertiary/aromatic N) is 4. The van der Waals surface area contributed by atoms with E-state index in [9.17, 15) is 5.11 Å². The summed E-state index contributed by atoms with van der Waals surface area (Å²) in [6.45, 7) is 5.73. The van der Waals surface area contributed by atoms with Crippen molar-refractivity contribution in [2.45, 2.75) is 38.6 Å². The van der Waals surface area contributed by atoms with Gasteiger partial charge in [0.1, 0.15) is 30.1 Å². The van der Waals surface area contributed by atoms with E-state index in [1.165, 1.54) is 11.1 Å². The molecule has 2 aliphatic heterocycles. The molecular weight excluding hydrogens is 444 g/mol. The number of aliphatic hydroxyl groups is 1. The molecule has 2 unspecified atom stereocenters. The van der Waals surface area contributed by atoms with Crippen LogP contribution in [-0.4, -0.2) is 65.6 Å². The van der Waals surface area contributed by atoms with E-state index < -0.39 is 6.10 Å². The molecular formula is C26H32N6O3. The third-order valence-electron chi connectivity index (χ3n) is 6.39. The van der Waals surface area contributed by atoms with Crippen molar-refractivity contribution >= 4 is 11.6 Å². The quantitative estimate of drug-likeness (QED) is 0.430. The second kappa shape index (κ2) is 10.6. The molecule has 0 saturated carbocycles. The number of rotatable bonds is 9. The van der Waals surface area contributed by atoms with Crippen LogP contribution in [-0.2, 0) is 17.8 Å². The van der Waals surface area contributed by atoms with Crippen LogP contribution in [0.15, 0.2) is 42.7 Å². The van der Waals surface area contributed by atoms with Crippen molar-refractivity contribution in [1.82, 2.24) is 20.3 Å². The number of nitrogens with one attached hydrogen (secondary N) is 2. The number of aliphatic hydroxyl groups excluding tert-OH is 1. The molecule has 9 nitrogen and oxygen atoms in total. The first kappa shape index (κ1) is 23.5. The Balaban J connectivity index is 1.46. The van der Waals surface area contributed by atoms with Gasteiger partial charge in [-0.25, -0.2) is 9.97 Å². The van der Waals surface area contributed by atoms with Crippen LogP contribution in [0.2, 0.25) is 0 Å². The lowest BCUT2D eigenvalue weighted by atomic mass is 10.1. The molecule has 1 fully saturated rings. The fourth-order valence-electron chi connectivity index (χ4n) is 4.51. The van der Waals surface area contributed by atoms with Crippen LogP contribution >= 0.6 is 0 Å². The maximum atomic E-state index is 9.99. The zero-order valence-corrected chi connectivity index (χ0v) is 20.2. The number of benzene rings is 1. The minimum absolute atomic E-state index is 0.207. The molecule has 2 aromatic heterocycles. The standard InChI is InChI=1S/C26H32N6O3/c1-17-24(29-21-7-9-34-15-21)30-25(18-4-3-5-23(10-18)35-16-22(33)12-27-2)31-26(17)32-13-19-6-8-28-11-20(19)14-32/h3-6,8,10-11,21-22,27,33H,7,9,12-16H2,1-2H3,(H,29,30,31). The predicted octanol–water partition coefficient (Wildman–Crippen LogP) is 2.53. The number of hydrogen-bond donors (Lipinski definition) is 3. The third kappa shape index (κ3) is 5.37. The average Bonchev–Trinajstić information content (AvgIpc) is 3.54. The molecule has 9 heteroatoms. The van der Waals surface area contributed by atoms with Gasteiger partial charge in [0.15, 0.2) is 5.82 Å². The number of anilines is 2. The molecule has 4 heterocycles. The number of pyridine rings is 1. The average molecular weight is 477 g/mol. The van der Waals surface area contributed by atoms with Gasteiger partial charge >= 0.3 is 0 Å². The normalized spacial score (nSPS) is 17.9. The second-order valence-electron chi connectivity index (χ2n) is 9.10. The molecule has 3 N–H and O–H groups in total. The van der Waals surface area contributed by atoms with Crippen molar-refractivity contribution in [1.29, 1.82) is 0 Å². The molecule has 0 spiro atoms. The minimum atomic E-state index is -0.582. The Morgan fingerprint density at radius 1 is 1.23 bits per heavy atom. The maximum Gasteiger partial charge on any atom is 0.164 e. The highest BCUT2D eigenvalue weighted by Gasteiger charge is 2.25. The predicted molar refractivity (Wildman–Crippen MR) is 135 cm³/mol. The summed E-state index contributed by atoms with van der Waals surface area (Å²) in [5, 5.41) is 16.5. The van der Waals surface area contributed by atoms with E-state index in [1.807, 2.05) is 36.7 Å². The van der Waals surface area contributed by atoms with Crippen LogP contribution in [0.4, 0.5) is 11.6 Å². The van der Waals surface area contributed by atoms with Crippen LogP contribution in [0.25, 0.3) is 11.4 Å². The van der Waals surface area contributed by atoms with Crippen molar-refractivity contribution in [3.05, 3.63) is 59.4 Å². The third-order valence-corrected chi connectivity index (χ3v) is 6.39. The molecule has 35 heavy (non-hydrogen) atoms. The first-order chi connectivity index (χ1) is 17.1. The Labute approximate surface area is 205 Å². The van der Waals surface area contributed by atoms with Gasteiger partial charge in [-0.2, -0.15) is 0 Å². The lowest BCUT2D eigenvalue weighted by molar-refractivity contribution is 0.108. The molecule has 0 bridgehead atoms. The van der Waals surface area contributed by atoms with Gasteiger partial charge in [-0.15, -0.1) is 0 Å². The first-order valence-corrected chi connectivity index (χ1v) is 12.1. The summed E-state index contributed by atoms with van der Waals surface area (Å²) in [6, 6.07) is 10.0. The maximum absolute atomic E-state index is 9.99.